The van der Waals surface area contributed by atoms with Crippen LogP contribution in [0, 0.1) is 11.7 Å². The summed E-state index contributed by atoms with van der Waals surface area (Å²) in [6.45, 7) is 2.67. The minimum Gasteiger partial charge on any atom is -0.331 e. The predicted octanol–water partition coefficient (Wildman–Crippen LogP) is -0.389. The van der Waals surface area contributed by atoms with E-state index in [0.29, 0.717) is 0 Å². The Bertz CT molecular complexity index is 407. The summed E-state index contributed by atoms with van der Waals surface area (Å²) in [5.74, 6) is 4.87. The first kappa shape index (κ1) is 13.0. The van der Waals surface area contributed by atoms with Crippen LogP contribution in [-0.4, -0.2) is 19.0 Å². The minimum atomic E-state index is -0.215. The fourth-order valence-corrected chi connectivity index (χ4v) is 2.54. The van der Waals surface area contributed by atoms with Crippen molar-refractivity contribution in [3.8, 4) is 0 Å². The maximum atomic E-state index is 12.8. The average Bonchev–Trinajstić information content (AvgIpc) is 2.41. The van der Waals surface area contributed by atoms with Crippen LogP contribution in [0.5, 0.6) is 0 Å². The van der Waals surface area contributed by atoms with Gasteiger partial charge in [0.05, 0.1) is 19.0 Å². The molecule has 0 saturated carbocycles. The van der Waals surface area contributed by atoms with Gasteiger partial charge in [-0.2, -0.15) is 0 Å². The van der Waals surface area contributed by atoms with E-state index in [9.17, 15) is 9.18 Å². The molecule has 1 aliphatic rings. The van der Waals surface area contributed by atoms with E-state index in [0.717, 1.165) is 38.0 Å². The van der Waals surface area contributed by atoms with E-state index in [1.54, 1.807) is 12.1 Å². The van der Waals surface area contributed by atoms with Crippen molar-refractivity contribution in [2.75, 3.05) is 13.1 Å². The summed E-state index contributed by atoms with van der Waals surface area (Å²) in [6, 6.07) is 6.55. The second-order valence-corrected chi connectivity index (χ2v) is 4.86. The number of carbonyl (C=O) groups excluding carboxylic acids is 1. The fraction of sp³-hybridized carbons (Fsp3) is 0.462. The van der Waals surface area contributed by atoms with E-state index < -0.39 is 0 Å². The van der Waals surface area contributed by atoms with Gasteiger partial charge in [0.2, 0.25) is 5.91 Å². The molecule has 0 aromatic heterocycles. The lowest BCUT2D eigenvalue weighted by atomic mass is 9.97. The molecule has 98 valence electrons. The van der Waals surface area contributed by atoms with Gasteiger partial charge in [0.1, 0.15) is 12.4 Å². The minimum absolute atomic E-state index is 0.000742. The molecule has 2 atom stereocenters. The van der Waals surface area contributed by atoms with Gasteiger partial charge >= 0.3 is 0 Å². The fourth-order valence-electron chi connectivity index (χ4n) is 2.54. The number of amides is 1. The predicted molar refractivity (Wildman–Crippen MR) is 65.9 cm³/mol. The molecule has 4 N–H and O–H groups in total. The molecule has 0 radical (unpaired) electrons. The summed E-state index contributed by atoms with van der Waals surface area (Å²) in [5.41, 5.74) is 3.32. The number of quaternary nitrogens is 1. The average molecular weight is 252 g/mol. The highest BCUT2D eigenvalue weighted by Crippen LogP contribution is 2.08. The van der Waals surface area contributed by atoms with Gasteiger partial charge in [-0.15, -0.1) is 0 Å². The quantitative estimate of drug-likeness (QED) is 0.390. The lowest BCUT2D eigenvalue weighted by Gasteiger charge is -2.28. The molecule has 0 aliphatic carbocycles. The molecule has 1 amide bonds. The second kappa shape index (κ2) is 5.93. The SMILES string of the molecule is NNC(=O)[C@@H]1CCC[NH+](Cc2ccc(F)cc2)C1. The number of nitrogens with one attached hydrogen (secondary N) is 2. The Labute approximate surface area is 106 Å². The number of halogens is 1. The molecule has 1 aromatic rings. The van der Waals surface area contributed by atoms with E-state index in [-0.39, 0.29) is 17.6 Å². The summed E-state index contributed by atoms with van der Waals surface area (Å²) in [6.07, 6.45) is 1.92. The van der Waals surface area contributed by atoms with Crippen LogP contribution >= 0.6 is 0 Å². The lowest BCUT2D eigenvalue weighted by molar-refractivity contribution is -0.921. The molecule has 0 spiro atoms. The molecule has 1 heterocycles. The van der Waals surface area contributed by atoms with E-state index in [1.165, 1.54) is 17.0 Å². The number of hydrogen-bond acceptors (Lipinski definition) is 2. The van der Waals surface area contributed by atoms with Gasteiger partial charge in [-0.1, -0.05) is 12.1 Å². The first-order valence-electron chi connectivity index (χ1n) is 6.27. The van der Waals surface area contributed by atoms with Crippen molar-refractivity contribution in [2.24, 2.45) is 11.8 Å². The van der Waals surface area contributed by atoms with Crippen LogP contribution < -0.4 is 16.2 Å². The maximum Gasteiger partial charge on any atom is 0.242 e. The third kappa shape index (κ3) is 3.27. The van der Waals surface area contributed by atoms with E-state index in [1.807, 2.05) is 0 Å². The lowest BCUT2D eigenvalue weighted by Crippen LogP contribution is -3.12. The molecule has 5 heteroatoms. The summed E-state index contributed by atoms with van der Waals surface area (Å²) >= 11 is 0. The van der Waals surface area contributed by atoms with Crippen molar-refractivity contribution in [1.82, 2.24) is 5.43 Å². The van der Waals surface area contributed by atoms with Crippen molar-refractivity contribution in [2.45, 2.75) is 19.4 Å². The van der Waals surface area contributed by atoms with Gasteiger partial charge in [-0.25, -0.2) is 10.2 Å². The number of hydrazine groups is 1. The zero-order valence-corrected chi connectivity index (χ0v) is 10.3. The Kier molecular flexibility index (Phi) is 4.28. The molecule has 1 aromatic carbocycles. The Morgan fingerprint density at radius 1 is 1.44 bits per heavy atom. The van der Waals surface area contributed by atoms with Crippen LogP contribution in [0.1, 0.15) is 18.4 Å². The highest BCUT2D eigenvalue weighted by atomic mass is 19.1. The standard InChI is InChI=1S/C13H18FN3O/c14-12-5-3-10(4-6-12)8-17-7-1-2-11(9-17)13(18)16-15/h3-6,11H,1-2,7-9,15H2,(H,16,18)/p+1/t11-/m1/s1. The van der Waals surface area contributed by atoms with E-state index in [4.69, 9.17) is 5.84 Å². The van der Waals surface area contributed by atoms with Crippen molar-refractivity contribution < 1.29 is 14.1 Å². The van der Waals surface area contributed by atoms with Crippen LogP contribution in [0.2, 0.25) is 0 Å². The van der Waals surface area contributed by atoms with Crippen molar-refractivity contribution in [3.63, 3.8) is 0 Å². The van der Waals surface area contributed by atoms with E-state index >= 15 is 0 Å². The molecule has 0 bridgehead atoms. The third-order valence-electron chi connectivity index (χ3n) is 3.50. The molecular weight excluding hydrogens is 233 g/mol. The Hall–Kier alpha value is -1.46. The first-order chi connectivity index (χ1) is 8.69. The molecule has 1 aliphatic heterocycles. The molecule has 18 heavy (non-hydrogen) atoms. The molecular formula is C13H19FN3O+. The van der Waals surface area contributed by atoms with Crippen LogP contribution in [0.15, 0.2) is 24.3 Å². The smallest absolute Gasteiger partial charge is 0.242 e. The zero-order chi connectivity index (χ0) is 13.0. The number of hydrogen-bond donors (Lipinski definition) is 3. The van der Waals surface area contributed by atoms with Crippen LogP contribution in [0.25, 0.3) is 0 Å². The normalized spacial score (nSPS) is 23.7. The first-order valence-corrected chi connectivity index (χ1v) is 6.27. The van der Waals surface area contributed by atoms with Crippen LogP contribution in [-0.2, 0) is 11.3 Å². The highest BCUT2D eigenvalue weighted by Gasteiger charge is 2.28. The molecule has 2 rings (SSSR count). The van der Waals surface area contributed by atoms with Gasteiger partial charge in [0.25, 0.3) is 0 Å². The molecule has 4 nitrogen and oxygen atoms in total. The Morgan fingerprint density at radius 2 is 2.17 bits per heavy atom. The second-order valence-electron chi connectivity index (χ2n) is 4.86. The van der Waals surface area contributed by atoms with Crippen LogP contribution in [0.3, 0.4) is 0 Å². The third-order valence-corrected chi connectivity index (χ3v) is 3.50. The number of rotatable bonds is 3. The van der Waals surface area contributed by atoms with Gasteiger partial charge in [-0.3, -0.25) is 10.2 Å². The Morgan fingerprint density at radius 3 is 2.83 bits per heavy atom. The summed E-state index contributed by atoms with van der Waals surface area (Å²) in [7, 11) is 0. The van der Waals surface area contributed by atoms with Gasteiger partial charge < -0.3 is 4.90 Å². The summed E-state index contributed by atoms with van der Waals surface area (Å²) in [5, 5.41) is 0. The topological polar surface area (TPSA) is 59.6 Å². The van der Waals surface area contributed by atoms with E-state index in [2.05, 4.69) is 5.43 Å². The van der Waals surface area contributed by atoms with Gasteiger partial charge in [0, 0.05) is 5.56 Å². The van der Waals surface area contributed by atoms with Crippen molar-refractivity contribution in [3.05, 3.63) is 35.6 Å². The number of benzene rings is 1. The van der Waals surface area contributed by atoms with Crippen molar-refractivity contribution in [1.29, 1.82) is 0 Å². The highest BCUT2D eigenvalue weighted by molar-refractivity contribution is 5.78. The largest absolute Gasteiger partial charge is 0.331 e. The van der Waals surface area contributed by atoms with Gasteiger partial charge in [0.15, 0.2) is 0 Å². The number of carbonyl (C=O) groups is 1. The summed E-state index contributed by atoms with van der Waals surface area (Å²) in [4.78, 5) is 12.9. The van der Waals surface area contributed by atoms with Crippen LogP contribution in [0.4, 0.5) is 4.39 Å². The number of nitrogens with two attached hydrogens (primary N) is 1. The molecule has 1 saturated heterocycles. The number of likely N-dealkylation sites (tertiary alicyclic amines) is 1. The van der Waals surface area contributed by atoms with Gasteiger partial charge in [-0.05, 0) is 25.0 Å². The Balaban J connectivity index is 1.93. The number of piperidine rings is 1. The zero-order valence-electron chi connectivity index (χ0n) is 10.3. The maximum absolute atomic E-state index is 12.8. The molecule has 1 fully saturated rings. The molecule has 1 unspecified atom stereocenters. The summed E-state index contributed by atoms with van der Waals surface area (Å²) < 4.78 is 12.8. The monoisotopic (exact) mass is 252 g/mol. The van der Waals surface area contributed by atoms with Crippen molar-refractivity contribution >= 4 is 5.91 Å².